The molecule has 0 saturated carbocycles. The molecule has 0 saturated heterocycles. The van der Waals surface area contributed by atoms with Crippen LogP contribution >= 0.6 is 0 Å². The Morgan fingerprint density at radius 3 is 2.81 bits per heavy atom. The van der Waals surface area contributed by atoms with Crippen LogP contribution in [0.3, 0.4) is 0 Å². The third-order valence-corrected chi connectivity index (χ3v) is 3.61. The second-order valence-corrected chi connectivity index (χ2v) is 5.09. The Morgan fingerprint density at radius 1 is 1.19 bits per heavy atom. The van der Waals surface area contributed by atoms with Crippen molar-refractivity contribution in [2.45, 2.75) is 13.0 Å². The number of nitrogens with two attached hydrogens (primary N) is 1. The molecule has 0 aliphatic rings. The molecular weight excluding hydrogens is 262 g/mol. The van der Waals surface area contributed by atoms with E-state index in [4.69, 9.17) is 10.5 Å². The highest BCUT2D eigenvalue weighted by Crippen LogP contribution is 2.27. The molecule has 0 radical (unpaired) electrons. The van der Waals surface area contributed by atoms with E-state index in [0.717, 1.165) is 17.7 Å². The Balaban J connectivity index is 1.77. The second kappa shape index (κ2) is 5.97. The minimum atomic E-state index is 0.476. The summed E-state index contributed by atoms with van der Waals surface area (Å²) in [6.45, 7) is 1.10. The van der Waals surface area contributed by atoms with Gasteiger partial charge in [-0.2, -0.15) is 5.10 Å². The summed E-state index contributed by atoms with van der Waals surface area (Å²) in [5.74, 6) is 0.875. The maximum absolute atomic E-state index is 5.93. The Hall–Kier alpha value is -2.33. The van der Waals surface area contributed by atoms with Crippen LogP contribution in [0.25, 0.3) is 10.8 Å². The first kappa shape index (κ1) is 13.6. The van der Waals surface area contributed by atoms with Crippen LogP contribution in [-0.4, -0.2) is 16.4 Å². The summed E-state index contributed by atoms with van der Waals surface area (Å²) in [5, 5.41) is 6.52. The third kappa shape index (κ3) is 2.90. The summed E-state index contributed by atoms with van der Waals surface area (Å²) in [5.41, 5.74) is 8.15. The van der Waals surface area contributed by atoms with Crippen LogP contribution in [0.4, 0.5) is 0 Å². The molecular formula is C17H19N3O. The average molecular weight is 281 g/mol. The van der Waals surface area contributed by atoms with E-state index in [1.54, 1.807) is 4.68 Å². The number of nitrogens with zero attached hydrogens (tertiary/aromatic N) is 2. The molecule has 0 amide bonds. The molecule has 1 aromatic heterocycles. The standard InChI is InChI=1S/C17H19N3O/c1-20-12-13(11-19-20)8-9-21-17-7-6-14-4-2-3-5-15(14)16(17)10-18/h2-7,11-12H,8-10,18H2,1H3. The molecule has 1 heterocycles. The Morgan fingerprint density at radius 2 is 2.05 bits per heavy atom. The molecule has 0 aliphatic heterocycles. The number of rotatable bonds is 5. The fourth-order valence-electron chi connectivity index (χ4n) is 2.54. The molecule has 3 rings (SSSR count). The van der Waals surface area contributed by atoms with Gasteiger partial charge in [0.2, 0.25) is 0 Å². The zero-order chi connectivity index (χ0) is 14.7. The summed E-state index contributed by atoms with van der Waals surface area (Å²) in [7, 11) is 1.92. The number of fused-ring (bicyclic) bond motifs is 1. The lowest BCUT2D eigenvalue weighted by Gasteiger charge is -2.12. The summed E-state index contributed by atoms with van der Waals surface area (Å²) < 4.78 is 7.73. The molecule has 108 valence electrons. The van der Waals surface area contributed by atoms with E-state index in [9.17, 15) is 0 Å². The highest BCUT2D eigenvalue weighted by Gasteiger charge is 2.07. The van der Waals surface area contributed by atoms with Crippen molar-refractivity contribution in [2.75, 3.05) is 6.61 Å². The SMILES string of the molecule is Cn1cc(CCOc2ccc3ccccc3c2CN)cn1. The molecule has 0 spiro atoms. The van der Waals surface area contributed by atoms with Crippen molar-refractivity contribution in [3.63, 3.8) is 0 Å². The Bertz CT molecular complexity index is 749. The van der Waals surface area contributed by atoms with Gasteiger partial charge in [-0.3, -0.25) is 4.68 Å². The van der Waals surface area contributed by atoms with Gasteiger partial charge in [-0.25, -0.2) is 0 Å². The number of aryl methyl sites for hydroxylation is 1. The predicted octanol–water partition coefficient (Wildman–Crippen LogP) is 2.65. The Kier molecular flexibility index (Phi) is 3.88. The van der Waals surface area contributed by atoms with Crippen molar-refractivity contribution in [1.29, 1.82) is 0 Å². The highest BCUT2D eigenvalue weighted by atomic mass is 16.5. The van der Waals surface area contributed by atoms with Gasteiger partial charge in [0.05, 0.1) is 12.8 Å². The third-order valence-electron chi connectivity index (χ3n) is 3.61. The molecule has 0 bridgehead atoms. The maximum atomic E-state index is 5.93. The van der Waals surface area contributed by atoms with Crippen molar-refractivity contribution in [2.24, 2.45) is 12.8 Å². The average Bonchev–Trinajstić information content (AvgIpc) is 2.92. The van der Waals surface area contributed by atoms with Crippen LogP contribution in [0.2, 0.25) is 0 Å². The van der Waals surface area contributed by atoms with Crippen LogP contribution in [0.1, 0.15) is 11.1 Å². The minimum absolute atomic E-state index is 0.476. The van der Waals surface area contributed by atoms with Crippen molar-refractivity contribution in [3.8, 4) is 5.75 Å². The summed E-state index contributed by atoms with van der Waals surface area (Å²) in [6, 6.07) is 12.3. The number of hydrogen-bond acceptors (Lipinski definition) is 3. The summed E-state index contributed by atoms with van der Waals surface area (Å²) >= 11 is 0. The van der Waals surface area contributed by atoms with Gasteiger partial charge in [0, 0.05) is 31.8 Å². The molecule has 4 nitrogen and oxygen atoms in total. The zero-order valence-electron chi connectivity index (χ0n) is 12.1. The maximum Gasteiger partial charge on any atom is 0.124 e. The van der Waals surface area contributed by atoms with Crippen molar-refractivity contribution in [3.05, 3.63) is 59.9 Å². The number of ether oxygens (including phenoxy) is 1. The van der Waals surface area contributed by atoms with Gasteiger partial charge >= 0.3 is 0 Å². The molecule has 0 fully saturated rings. The van der Waals surface area contributed by atoms with E-state index in [2.05, 4.69) is 23.3 Å². The summed E-state index contributed by atoms with van der Waals surface area (Å²) in [4.78, 5) is 0. The van der Waals surface area contributed by atoms with Crippen molar-refractivity contribution < 1.29 is 4.74 Å². The molecule has 4 heteroatoms. The van der Waals surface area contributed by atoms with Gasteiger partial charge in [0.25, 0.3) is 0 Å². The lowest BCUT2D eigenvalue weighted by molar-refractivity contribution is 0.319. The van der Waals surface area contributed by atoms with Gasteiger partial charge in [0.1, 0.15) is 5.75 Å². The summed E-state index contributed by atoms with van der Waals surface area (Å²) in [6.07, 6.45) is 4.71. The topological polar surface area (TPSA) is 53.1 Å². The lowest BCUT2D eigenvalue weighted by atomic mass is 10.0. The minimum Gasteiger partial charge on any atom is -0.493 e. The number of aromatic nitrogens is 2. The Labute approximate surface area is 124 Å². The first-order valence-electron chi connectivity index (χ1n) is 7.09. The molecule has 0 unspecified atom stereocenters. The van der Waals surface area contributed by atoms with Gasteiger partial charge in [-0.05, 0) is 22.4 Å². The molecule has 2 N–H and O–H groups in total. The van der Waals surface area contributed by atoms with E-state index in [1.807, 2.05) is 37.6 Å². The molecule has 2 aromatic carbocycles. The van der Waals surface area contributed by atoms with E-state index in [-0.39, 0.29) is 0 Å². The van der Waals surface area contributed by atoms with Crippen molar-refractivity contribution >= 4 is 10.8 Å². The lowest BCUT2D eigenvalue weighted by Crippen LogP contribution is -2.06. The van der Waals surface area contributed by atoms with Crippen LogP contribution in [0.15, 0.2) is 48.8 Å². The van der Waals surface area contributed by atoms with Crippen LogP contribution in [0, 0.1) is 0 Å². The monoisotopic (exact) mass is 281 g/mol. The normalized spacial score (nSPS) is 11.0. The van der Waals surface area contributed by atoms with Gasteiger partial charge in [0.15, 0.2) is 0 Å². The predicted molar refractivity (Wildman–Crippen MR) is 84.2 cm³/mol. The van der Waals surface area contributed by atoms with E-state index >= 15 is 0 Å². The fourth-order valence-corrected chi connectivity index (χ4v) is 2.54. The number of hydrogen-bond donors (Lipinski definition) is 1. The smallest absolute Gasteiger partial charge is 0.124 e. The first-order chi connectivity index (χ1) is 10.3. The second-order valence-electron chi connectivity index (χ2n) is 5.09. The molecule has 3 aromatic rings. The van der Waals surface area contributed by atoms with E-state index in [0.29, 0.717) is 13.2 Å². The van der Waals surface area contributed by atoms with Gasteiger partial charge in [-0.15, -0.1) is 0 Å². The molecule has 21 heavy (non-hydrogen) atoms. The van der Waals surface area contributed by atoms with Crippen LogP contribution in [0.5, 0.6) is 5.75 Å². The van der Waals surface area contributed by atoms with Gasteiger partial charge < -0.3 is 10.5 Å². The highest BCUT2D eigenvalue weighted by molar-refractivity contribution is 5.87. The molecule has 0 aliphatic carbocycles. The van der Waals surface area contributed by atoms with Crippen molar-refractivity contribution in [1.82, 2.24) is 9.78 Å². The largest absolute Gasteiger partial charge is 0.493 e. The zero-order valence-corrected chi connectivity index (χ0v) is 12.1. The quantitative estimate of drug-likeness (QED) is 0.782. The first-order valence-corrected chi connectivity index (χ1v) is 7.09. The fraction of sp³-hybridized carbons (Fsp3) is 0.235. The number of benzene rings is 2. The van der Waals surface area contributed by atoms with Crippen LogP contribution in [-0.2, 0) is 20.0 Å². The van der Waals surface area contributed by atoms with E-state index < -0.39 is 0 Å². The molecule has 0 atom stereocenters. The van der Waals surface area contributed by atoms with E-state index in [1.165, 1.54) is 16.3 Å². The van der Waals surface area contributed by atoms with Crippen LogP contribution < -0.4 is 10.5 Å². The van der Waals surface area contributed by atoms with Gasteiger partial charge in [-0.1, -0.05) is 30.3 Å².